The third-order valence-corrected chi connectivity index (χ3v) is 9.45. The molecule has 9 nitrogen and oxygen atoms in total. The second kappa shape index (κ2) is 11.6. The minimum absolute atomic E-state index is 0.190. The van der Waals surface area contributed by atoms with Crippen LogP contribution in [0, 0.1) is 11.3 Å². The molecule has 0 spiro atoms. The molecule has 1 amide bonds. The smallest absolute Gasteiger partial charge is 0.277 e. The summed E-state index contributed by atoms with van der Waals surface area (Å²) in [5.74, 6) is -0.808. The molecule has 0 saturated heterocycles. The molecule has 1 atom stereocenters. The highest BCUT2D eigenvalue weighted by Gasteiger charge is 2.34. The monoisotopic (exact) mass is 582 g/mol. The number of aryl methyl sites for hydroxylation is 2. The fraction of sp³-hybridized carbons (Fsp3) is 0.250. The fourth-order valence-electron chi connectivity index (χ4n) is 5.53. The maximum absolute atomic E-state index is 14.1. The Morgan fingerprint density at radius 1 is 1.14 bits per heavy atom. The van der Waals surface area contributed by atoms with E-state index in [2.05, 4.69) is 16.4 Å². The van der Waals surface area contributed by atoms with Crippen molar-refractivity contribution >= 4 is 15.7 Å². The Balaban J connectivity index is 1.62. The maximum atomic E-state index is 14.1. The van der Waals surface area contributed by atoms with E-state index in [1.54, 1.807) is 48.5 Å². The van der Waals surface area contributed by atoms with Crippen LogP contribution in [0.3, 0.4) is 0 Å². The van der Waals surface area contributed by atoms with E-state index in [1.807, 2.05) is 13.0 Å². The molecule has 0 aliphatic heterocycles. The number of aromatic nitrogens is 2. The van der Waals surface area contributed by atoms with Gasteiger partial charge in [-0.25, -0.2) is 8.42 Å². The number of hydrogen-bond acceptors (Lipinski definition) is 7. The zero-order chi connectivity index (χ0) is 30.0. The normalized spacial score (nSPS) is 14.3. The fourth-order valence-corrected chi connectivity index (χ4v) is 6.88. The predicted molar refractivity (Wildman–Crippen MR) is 157 cm³/mol. The van der Waals surface area contributed by atoms with E-state index < -0.39 is 32.2 Å². The van der Waals surface area contributed by atoms with Crippen LogP contribution in [0.4, 0.5) is 0 Å². The molecule has 214 valence electrons. The van der Waals surface area contributed by atoms with Crippen LogP contribution >= 0.6 is 0 Å². The number of unbranched alkanes of at least 4 members (excludes halogenated alkanes) is 1. The molecule has 1 aliphatic carbocycles. The molecule has 10 heteroatoms. The summed E-state index contributed by atoms with van der Waals surface area (Å²) in [6.07, 6.45) is 3.07. The molecule has 0 fully saturated rings. The Hall–Kier alpha value is -4.75. The third-order valence-electron chi connectivity index (χ3n) is 7.66. The molecule has 1 aliphatic rings. The predicted octanol–water partition coefficient (Wildman–Crippen LogP) is 4.56. The van der Waals surface area contributed by atoms with Crippen LogP contribution in [0.1, 0.15) is 65.1 Å². The van der Waals surface area contributed by atoms with E-state index in [-0.39, 0.29) is 10.8 Å². The summed E-state index contributed by atoms with van der Waals surface area (Å²) in [6.45, 7) is 1.99. The SMILES string of the molecule is CCCCc1nc(O)c(S(=O)(=O)c2ccc(-c3ccccc3C(=O)NC)cc2)c(=O)n1[C@@H]1CCc2ccc(C#N)cc21. The first kappa shape index (κ1) is 28.8. The molecule has 3 aromatic carbocycles. The molecule has 42 heavy (non-hydrogen) atoms. The summed E-state index contributed by atoms with van der Waals surface area (Å²) in [5.41, 5.74) is 3.02. The minimum atomic E-state index is -4.49. The second-order valence-corrected chi connectivity index (χ2v) is 12.1. The topological polar surface area (TPSA) is 142 Å². The Labute approximate surface area is 244 Å². The standard InChI is InChI=1S/C32H30N4O5S/c1-3-4-9-28-35-31(38)29(32(39)36(28)27-17-14-22-11-10-20(19-33)18-26(22)27)42(40,41)23-15-12-21(13-16-23)24-7-5-6-8-25(24)30(37)34-2/h5-8,10-13,15-16,18,27,38H,3-4,9,14,17H2,1-2H3,(H,34,37)/t27-/m1/s1. The largest absolute Gasteiger partial charge is 0.492 e. The summed E-state index contributed by atoms with van der Waals surface area (Å²) in [5, 5.41) is 22.9. The van der Waals surface area contributed by atoms with Gasteiger partial charge in [-0.2, -0.15) is 10.2 Å². The number of hydrogen-bond donors (Lipinski definition) is 2. The van der Waals surface area contributed by atoms with Gasteiger partial charge in [0.05, 0.1) is 22.6 Å². The average molecular weight is 583 g/mol. The Morgan fingerprint density at radius 3 is 2.57 bits per heavy atom. The third kappa shape index (κ3) is 5.08. The molecular weight excluding hydrogens is 552 g/mol. The molecule has 0 saturated carbocycles. The van der Waals surface area contributed by atoms with E-state index >= 15 is 0 Å². The highest BCUT2D eigenvalue weighted by molar-refractivity contribution is 7.91. The number of rotatable bonds is 8. The molecule has 0 unspecified atom stereocenters. The van der Waals surface area contributed by atoms with Crippen LogP contribution < -0.4 is 10.9 Å². The van der Waals surface area contributed by atoms with Crippen LogP contribution in [0.2, 0.25) is 0 Å². The number of nitriles is 1. The van der Waals surface area contributed by atoms with Gasteiger partial charge in [0.15, 0.2) is 4.90 Å². The number of carbonyl (C=O) groups is 1. The molecule has 1 heterocycles. The van der Waals surface area contributed by atoms with Gasteiger partial charge in [0.1, 0.15) is 5.82 Å². The lowest BCUT2D eigenvalue weighted by Crippen LogP contribution is -2.33. The quantitative estimate of drug-likeness (QED) is 0.310. The van der Waals surface area contributed by atoms with Crippen molar-refractivity contribution in [3.63, 3.8) is 0 Å². The number of benzene rings is 3. The van der Waals surface area contributed by atoms with Gasteiger partial charge in [-0.05, 0) is 71.8 Å². The number of fused-ring (bicyclic) bond motifs is 1. The zero-order valence-electron chi connectivity index (χ0n) is 23.3. The van der Waals surface area contributed by atoms with Crippen molar-refractivity contribution in [2.75, 3.05) is 7.05 Å². The molecule has 1 aromatic heterocycles. The summed E-state index contributed by atoms with van der Waals surface area (Å²) in [7, 11) is -2.96. The summed E-state index contributed by atoms with van der Waals surface area (Å²) in [6, 6.07) is 19.7. The van der Waals surface area contributed by atoms with Gasteiger partial charge in [-0.3, -0.25) is 14.2 Å². The number of amides is 1. The van der Waals surface area contributed by atoms with E-state index in [0.717, 1.165) is 17.5 Å². The highest BCUT2D eigenvalue weighted by Crippen LogP contribution is 2.36. The number of carbonyl (C=O) groups excluding carboxylic acids is 1. The molecule has 2 N–H and O–H groups in total. The number of nitrogens with one attached hydrogen (secondary N) is 1. The number of aromatic hydroxyl groups is 1. The van der Waals surface area contributed by atoms with Gasteiger partial charge in [0.25, 0.3) is 11.5 Å². The van der Waals surface area contributed by atoms with Crippen molar-refractivity contribution in [1.29, 1.82) is 5.26 Å². The summed E-state index contributed by atoms with van der Waals surface area (Å²) in [4.78, 5) is 29.7. The molecule has 0 bridgehead atoms. The lowest BCUT2D eigenvalue weighted by Gasteiger charge is -2.21. The van der Waals surface area contributed by atoms with Gasteiger partial charge >= 0.3 is 0 Å². The molecular formula is C32H30N4O5S. The van der Waals surface area contributed by atoms with Crippen molar-refractivity contribution in [2.45, 2.75) is 54.9 Å². The zero-order valence-corrected chi connectivity index (χ0v) is 24.1. The first-order valence-electron chi connectivity index (χ1n) is 13.7. The van der Waals surface area contributed by atoms with Gasteiger partial charge in [0.2, 0.25) is 15.7 Å². The van der Waals surface area contributed by atoms with Crippen molar-refractivity contribution in [3.8, 4) is 23.1 Å². The molecule has 4 aromatic rings. The van der Waals surface area contributed by atoms with Crippen molar-refractivity contribution in [1.82, 2.24) is 14.9 Å². The number of sulfone groups is 1. The number of nitrogens with zero attached hydrogens (tertiary/aromatic N) is 3. The van der Waals surface area contributed by atoms with E-state index in [9.17, 15) is 28.4 Å². The average Bonchev–Trinajstić information content (AvgIpc) is 3.42. The van der Waals surface area contributed by atoms with Gasteiger partial charge in [-0.15, -0.1) is 0 Å². The first-order valence-corrected chi connectivity index (χ1v) is 15.2. The van der Waals surface area contributed by atoms with Gasteiger partial charge in [0, 0.05) is 19.0 Å². The van der Waals surface area contributed by atoms with E-state index in [1.165, 1.54) is 23.7 Å². The summed E-state index contributed by atoms with van der Waals surface area (Å²) < 4.78 is 29.1. The van der Waals surface area contributed by atoms with Gasteiger partial charge < -0.3 is 10.4 Å². The minimum Gasteiger partial charge on any atom is -0.492 e. The van der Waals surface area contributed by atoms with Crippen LogP contribution in [0.5, 0.6) is 5.88 Å². The Bertz CT molecular complexity index is 1890. The van der Waals surface area contributed by atoms with E-state index in [4.69, 9.17) is 0 Å². The van der Waals surface area contributed by atoms with Crippen LogP contribution in [0.25, 0.3) is 11.1 Å². The van der Waals surface area contributed by atoms with Crippen molar-refractivity contribution in [3.05, 3.63) is 105 Å². The summed E-state index contributed by atoms with van der Waals surface area (Å²) >= 11 is 0. The van der Waals surface area contributed by atoms with E-state index in [0.29, 0.717) is 53.8 Å². The Morgan fingerprint density at radius 2 is 1.88 bits per heavy atom. The lowest BCUT2D eigenvalue weighted by molar-refractivity contribution is 0.0963. The van der Waals surface area contributed by atoms with Gasteiger partial charge in [-0.1, -0.05) is 49.7 Å². The molecule has 0 radical (unpaired) electrons. The van der Waals surface area contributed by atoms with Crippen LogP contribution in [-0.2, 0) is 22.7 Å². The second-order valence-electron chi connectivity index (χ2n) is 10.2. The van der Waals surface area contributed by atoms with Crippen molar-refractivity contribution < 1.29 is 18.3 Å². The van der Waals surface area contributed by atoms with Crippen LogP contribution in [0.15, 0.2) is 81.3 Å². The van der Waals surface area contributed by atoms with Crippen molar-refractivity contribution in [2.24, 2.45) is 0 Å². The molecule has 5 rings (SSSR count). The lowest BCUT2D eigenvalue weighted by atomic mass is 9.99. The highest BCUT2D eigenvalue weighted by atomic mass is 32.2. The van der Waals surface area contributed by atoms with Crippen LogP contribution in [-0.4, -0.2) is 36.0 Å². The maximum Gasteiger partial charge on any atom is 0.277 e. The Kier molecular flexibility index (Phi) is 7.96. The first-order chi connectivity index (χ1) is 20.2.